The lowest BCUT2D eigenvalue weighted by Gasteiger charge is -2.22. The van der Waals surface area contributed by atoms with Crippen LogP contribution in [0.2, 0.25) is 5.02 Å². The molecule has 0 aliphatic rings. The van der Waals surface area contributed by atoms with E-state index in [2.05, 4.69) is 20.8 Å². The van der Waals surface area contributed by atoms with E-state index in [9.17, 15) is 22.8 Å². The smallest absolute Gasteiger partial charge is 0.342 e. The maximum atomic E-state index is 12.9. The number of carbonyl (C=O) groups excluding carboxylic acids is 2. The predicted octanol–water partition coefficient (Wildman–Crippen LogP) is 5.35. The zero-order valence-electron chi connectivity index (χ0n) is 19.1. The van der Waals surface area contributed by atoms with E-state index in [1.54, 1.807) is 35.9 Å². The van der Waals surface area contributed by atoms with E-state index < -0.39 is 23.7 Å². The van der Waals surface area contributed by atoms with Gasteiger partial charge in [-0.05, 0) is 36.2 Å². The molecule has 0 aliphatic carbocycles. The third-order valence-electron chi connectivity index (χ3n) is 5.02. The summed E-state index contributed by atoms with van der Waals surface area (Å²) in [5, 5.41) is 14.4. The number of thioether (sulfide) groups is 1. The normalized spacial score (nSPS) is 12.5. The fourth-order valence-electron chi connectivity index (χ4n) is 3.22. The maximum absolute atomic E-state index is 12.9. The van der Waals surface area contributed by atoms with Crippen LogP contribution >= 0.6 is 23.4 Å². The number of aromatic nitrogens is 3. The molecule has 186 valence electrons. The number of anilines is 1. The quantitative estimate of drug-likeness (QED) is 0.387. The zero-order chi connectivity index (χ0) is 25.8. The SMILES string of the molecule is CC(C)[C@H](NC(=O)c1ccccc1Cl)c1nnc(SCC(=O)Nc2cccc(C(F)(F)F)c2)n1C. The van der Waals surface area contributed by atoms with Gasteiger partial charge in [0.2, 0.25) is 5.91 Å². The summed E-state index contributed by atoms with van der Waals surface area (Å²) in [5.41, 5.74) is -0.464. The first-order valence-electron chi connectivity index (χ1n) is 10.5. The van der Waals surface area contributed by atoms with E-state index >= 15 is 0 Å². The average Bonchev–Trinajstić information content (AvgIpc) is 3.15. The van der Waals surface area contributed by atoms with Crippen LogP contribution in [0.3, 0.4) is 0 Å². The van der Waals surface area contributed by atoms with Crippen LogP contribution in [0.1, 0.15) is 41.6 Å². The molecular formula is C23H23ClF3N5O2S. The Morgan fingerprint density at radius 1 is 1.11 bits per heavy atom. The van der Waals surface area contributed by atoms with Crippen LogP contribution in [0, 0.1) is 5.92 Å². The van der Waals surface area contributed by atoms with Crippen molar-refractivity contribution in [1.29, 1.82) is 0 Å². The van der Waals surface area contributed by atoms with Crippen molar-refractivity contribution in [1.82, 2.24) is 20.1 Å². The highest BCUT2D eigenvalue weighted by atomic mass is 35.5. The van der Waals surface area contributed by atoms with Gasteiger partial charge in [0.05, 0.1) is 27.9 Å². The van der Waals surface area contributed by atoms with Crippen molar-refractivity contribution in [2.45, 2.75) is 31.2 Å². The number of halogens is 4. The topological polar surface area (TPSA) is 88.9 Å². The van der Waals surface area contributed by atoms with Crippen LogP contribution < -0.4 is 10.6 Å². The number of nitrogens with zero attached hydrogens (tertiary/aromatic N) is 3. The number of benzene rings is 2. The van der Waals surface area contributed by atoms with E-state index in [0.717, 1.165) is 23.9 Å². The second-order valence-corrected chi connectivity index (χ2v) is 9.34. The number of hydrogen-bond donors (Lipinski definition) is 2. The molecular weight excluding hydrogens is 503 g/mol. The van der Waals surface area contributed by atoms with E-state index in [4.69, 9.17) is 11.6 Å². The largest absolute Gasteiger partial charge is 0.416 e. The van der Waals surface area contributed by atoms with E-state index in [1.165, 1.54) is 12.1 Å². The molecule has 7 nitrogen and oxygen atoms in total. The van der Waals surface area contributed by atoms with Crippen molar-refractivity contribution in [3.63, 3.8) is 0 Å². The van der Waals surface area contributed by atoms with Gasteiger partial charge in [0, 0.05) is 12.7 Å². The van der Waals surface area contributed by atoms with Crippen molar-refractivity contribution in [3.8, 4) is 0 Å². The lowest BCUT2D eigenvalue weighted by Crippen LogP contribution is -2.33. The summed E-state index contributed by atoms with van der Waals surface area (Å²) in [6.45, 7) is 3.84. The van der Waals surface area contributed by atoms with Crippen LogP contribution in [0.5, 0.6) is 0 Å². The van der Waals surface area contributed by atoms with Gasteiger partial charge in [0.1, 0.15) is 0 Å². The van der Waals surface area contributed by atoms with Gasteiger partial charge in [0.15, 0.2) is 11.0 Å². The highest BCUT2D eigenvalue weighted by molar-refractivity contribution is 7.99. The van der Waals surface area contributed by atoms with Crippen LogP contribution in [0.25, 0.3) is 0 Å². The Kier molecular flexibility index (Phi) is 8.44. The van der Waals surface area contributed by atoms with Crippen molar-refractivity contribution in [2.24, 2.45) is 13.0 Å². The van der Waals surface area contributed by atoms with Crippen molar-refractivity contribution in [2.75, 3.05) is 11.1 Å². The molecule has 2 amide bonds. The summed E-state index contributed by atoms with van der Waals surface area (Å²) in [4.78, 5) is 25.1. The molecule has 12 heteroatoms. The molecule has 0 saturated heterocycles. The molecule has 1 atom stereocenters. The van der Waals surface area contributed by atoms with Crippen molar-refractivity contribution < 1.29 is 22.8 Å². The van der Waals surface area contributed by atoms with Crippen molar-refractivity contribution >= 4 is 40.9 Å². The van der Waals surface area contributed by atoms with Crippen molar-refractivity contribution in [3.05, 3.63) is 70.5 Å². The third kappa shape index (κ3) is 6.76. The molecule has 0 spiro atoms. The summed E-state index contributed by atoms with van der Waals surface area (Å²) in [6.07, 6.45) is -4.50. The van der Waals surface area contributed by atoms with Gasteiger partial charge in [-0.2, -0.15) is 13.2 Å². The molecule has 0 aliphatic heterocycles. The highest BCUT2D eigenvalue weighted by Crippen LogP contribution is 2.31. The molecule has 0 bridgehead atoms. The van der Waals surface area contributed by atoms with E-state index in [0.29, 0.717) is 21.6 Å². The molecule has 1 heterocycles. The van der Waals surface area contributed by atoms with Crippen LogP contribution in [-0.4, -0.2) is 32.3 Å². The Hall–Kier alpha value is -3.05. The fourth-order valence-corrected chi connectivity index (χ4v) is 4.16. The minimum atomic E-state index is -4.50. The second kappa shape index (κ2) is 11.1. The number of hydrogen-bond acceptors (Lipinski definition) is 5. The van der Waals surface area contributed by atoms with Gasteiger partial charge >= 0.3 is 6.18 Å². The maximum Gasteiger partial charge on any atom is 0.416 e. The summed E-state index contributed by atoms with van der Waals surface area (Å²) < 4.78 is 40.3. The molecule has 3 aromatic rings. The number of amides is 2. The number of rotatable bonds is 8. The van der Waals surface area contributed by atoms with E-state index in [-0.39, 0.29) is 23.3 Å². The highest BCUT2D eigenvalue weighted by Gasteiger charge is 2.30. The van der Waals surface area contributed by atoms with Gasteiger partial charge in [0.25, 0.3) is 5.91 Å². The number of carbonyl (C=O) groups is 2. The summed E-state index contributed by atoms with van der Waals surface area (Å²) in [5.74, 6) is -0.494. The molecule has 0 unspecified atom stereocenters. The summed E-state index contributed by atoms with van der Waals surface area (Å²) in [7, 11) is 1.71. The zero-order valence-corrected chi connectivity index (χ0v) is 20.6. The monoisotopic (exact) mass is 525 g/mol. The van der Waals surface area contributed by atoms with Gasteiger partial charge in [-0.25, -0.2) is 0 Å². The number of alkyl halides is 3. The van der Waals surface area contributed by atoms with E-state index in [1.807, 2.05) is 13.8 Å². The first-order chi connectivity index (χ1) is 16.5. The summed E-state index contributed by atoms with van der Waals surface area (Å²) in [6, 6.07) is 10.6. The van der Waals surface area contributed by atoms with Gasteiger partial charge in [-0.1, -0.05) is 55.4 Å². The second-order valence-electron chi connectivity index (χ2n) is 7.99. The predicted molar refractivity (Wildman–Crippen MR) is 128 cm³/mol. The van der Waals surface area contributed by atoms with Gasteiger partial charge < -0.3 is 15.2 Å². The van der Waals surface area contributed by atoms with Crippen LogP contribution in [0.4, 0.5) is 18.9 Å². The molecule has 1 aromatic heterocycles. The molecule has 0 saturated carbocycles. The molecule has 2 N–H and O–H groups in total. The Morgan fingerprint density at radius 2 is 1.83 bits per heavy atom. The Labute approximate surface area is 209 Å². The summed E-state index contributed by atoms with van der Waals surface area (Å²) >= 11 is 7.21. The standard InChI is InChI=1S/C23H23ClF3N5O2S/c1-13(2)19(29-21(34)16-9-4-5-10-17(16)24)20-30-31-22(32(20)3)35-12-18(33)28-15-8-6-7-14(11-15)23(25,26)27/h4-11,13,19H,12H2,1-3H3,(H,28,33)(H,29,34)/t19-/m0/s1. The van der Waals surface area contributed by atoms with Gasteiger partial charge in [-0.3, -0.25) is 9.59 Å². The average molecular weight is 526 g/mol. The number of nitrogens with one attached hydrogen (secondary N) is 2. The Balaban J connectivity index is 1.67. The van der Waals surface area contributed by atoms with Crippen LogP contribution in [0.15, 0.2) is 53.7 Å². The van der Waals surface area contributed by atoms with Crippen LogP contribution in [-0.2, 0) is 18.0 Å². The minimum Gasteiger partial charge on any atom is -0.342 e. The molecule has 0 radical (unpaired) electrons. The minimum absolute atomic E-state index is 0.0357. The Bertz CT molecular complexity index is 1220. The lowest BCUT2D eigenvalue weighted by atomic mass is 10.0. The first kappa shape index (κ1) is 26.6. The Morgan fingerprint density at radius 3 is 2.49 bits per heavy atom. The first-order valence-corrected chi connectivity index (χ1v) is 11.9. The molecule has 3 rings (SSSR count). The third-order valence-corrected chi connectivity index (χ3v) is 6.37. The molecule has 35 heavy (non-hydrogen) atoms. The van der Waals surface area contributed by atoms with Gasteiger partial charge in [-0.15, -0.1) is 10.2 Å². The lowest BCUT2D eigenvalue weighted by molar-refractivity contribution is -0.137. The molecule has 0 fully saturated rings. The fraction of sp³-hybridized carbons (Fsp3) is 0.304. The molecule has 2 aromatic carbocycles.